The molecular formula is C23H17Cl2N5OS. The second-order valence-electron chi connectivity index (χ2n) is 6.62. The number of halogens is 2. The van der Waals surface area contributed by atoms with Crippen molar-refractivity contribution in [1.82, 2.24) is 20.2 Å². The summed E-state index contributed by atoms with van der Waals surface area (Å²) in [5.41, 5.74) is 5.07. The van der Waals surface area contributed by atoms with Crippen LogP contribution >= 0.6 is 35.0 Å². The standard InChI is InChI=1S/C23H17Cl2N5OS/c24-18-9-11-20(12-10-18)30-22(17-6-2-1-3-7-17)28-29-23(30)32-15-21(31)27-26-14-16-5-4-8-19(25)13-16/h1-14H,15H2,(H,27,31). The van der Waals surface area contributed by atoms with E-state index in [1.165, 1.54) is 18.0 Å². The summed E-state index contributed by atoms with van der Waals surface area (Å²) in [5.74, 6) is 0.530. The van der Waals surface area contributed by atoms with Gasteiger partial charge >= 0.3 is 0 Å². The number of carbonyl (C=O) groups excluding carboxylic acids is 1. The van der Waals surface area contributed by atoms with Gasteiger partial charge in [-0.2, -0.15) is 5.10 Å². The van der Waals surface area contributed by atoms with Gasteiger partial charge in [0.25, 0.3) is 5.91 Å². The lowest BCUT2D eigenvalue weighted by Gasteiger charge is -2.10. The number of nitrogens with one attached hydrogen (secondary N) is 1. The van der Waals surface area contributed by atoms with E-state index in [4.69, 9.17) is 23.2 Å². The Hall–Kier alpha value is -3.13. The molecule has 32 heavy (non-hydrogen) atoms. The molecule has 3 aromatic carbocycles. The summed E-state index contributed by atoms with van der Waals surface area (Å²) in [6.07, 6.45) is 1.54. The Balaban J connectivity index is 1.50. The average Bonchev–Trinajstić information content (AvgIpc) is 3.23. The zero-order valence-electron chi connectivity index (χ0n) is 16.7. The Morgan fingerprint density at radius 3 is 2.50 bits per heavy atom. The van der Waals surface area contributed by atoms with Crippen molar-refractivity contribution in [2.24, 2.45) is 5.10 Å². The van der Waals surface area contributed by atoms with Crippen LogP contribution in [0.15, 0.2) is 89.1 Å². The van der Waals surface area contributed by atoms with Gasteiger partial charge in [0.1, 0.15) is 0 Å². The van der Waals surface area contributed by atoms with Gasteiger partial charge in [0.05, 0.1) is 12.0 Å². The Morgan fingerprint density at radius 2 is 1.75 bits per heavy atom. The third-order valence-electron chi connectivity index (χ3n) is 4.33. The van der Waals surface area contributed by atoms with Crippen LogP contribution in [-0.4, -0.2) is 32.6 Å². The monoisotopic (exact) mass is 481 g/mol. The van der Waals surface area contributed by atoms with Crippen LogP contribution in [0.25, 0.3) is 17.1 Å². The lowest BCUT2D eigenvalue weighted by molar-refractivity contribution is -0.118. The minimum absolute atomic E-state index is 0.118. The highest BCUT2D eigenvalue weighted by atomic mass is 35.5. The van der Waals surface area contributed by atoms with Crippen molar-refractivity contribution in [3.63, 3.8) is 0 Å². The first-order valence-corrected chi connectivity index (χ1v) is 11.3. The molecule has 0 unspecified atom stereocenters. The number of hydrogen-bond donors (Lipinski definition) is 1. The van der Waals surface area contributed by atoms with E-state index < -0.39 is 0 Å². The minimum atomic E-state index is -0.264. The van der Waals surface area contributed by atoms with Crippen LogP contribution in [0.5, 0.6) is 0 Å². The van der Waals surface area contributed by atoms with Crippen LogP contribution in [0.2, 0.25) is 10.0 Å². The molecular weight excluding hydrogens is 465 g/mol. The van der Waals surface area contributed by atoms with Crippen molar-refractivity contribution in [2.45, 2.75) is 5.16 Å². The van der Waals surface area contributed by atoms with Gasteiger partial charge < -0.3 is 0 Å². The predicted octanol–water partition coefficient (Wildman–Crippen LogP) is 5.48. The average molecular weight is 482 g/mol. The molecule has 0 aliphatic rings. The first-order chi connectivity index (χ1) is 15.6. The zero-order valence-corrected chi connectivity index (χ0v) is 19.0. The maximum Gasteiger partial charge on any atom is 0.250 e. The molecule has 1 N–H and O–H groups in total. The maximum absolute atomic E-state index is 12.3. The fourth-order valence-electron chi connectivity index (χ4n) is 2.89. The van der Waals surface area contributed by atoms with Gasteiger partial charge in [0.2, 0.25) is 0 Å². The number of nitrogens with zero attached hydrogens (tertiary/aromatic N) is 4. The highest BCUT2D eigenvalue weighted by Gasteiger charge is 2.17. The molecule has 0 spiro atoms. The zero-order chi connectivity index (χ0) is 22.3. The molecule has 0 fully saturated rings. The lowest BCUT2D eigenvalue weighted by Crippen LogP contribution is -2.20. The van der Waals surface area contributed by atoms with Crippen LogP contribution in [0.3, 0.4) is 0 Å². The van der Waals surface area contributed by atoms with E-state index in [9.17, 15) is 4.79 Å². The molecule has 0 saturated heterocycles. The molecule has 0 saturated carbocycles. The maximum atomic E-state index is 12.3. The van der Waals surface area contributed by atoms with E-state index in [0.717, 1.165) is 16.8 Å². The number of thioether (sulfide) groups is 1. The van der Waals surface area contributed by atoms with Crippen molar-refractivity contribution in [3.8, 4) is 17.1 Å². The molecule has 9 heteroatoms. The SMILES string of the molecule is O=C(CSc1nnc(-c2ccccc2)n1-c1ccc(Cl)cc1)NN=Cc1cccc(Cl)c1. The summed E-state index contributed by atoms with van der Waals surface area (Å²) in [4.78, 5) is 12.3. The molecule has 0 bridgehead atoms. The number of amides is 1. The van der Waals surface area contributed by atoms with Gasteiger partial charge in [-0.1, -0.05) is 77.4 Å². The van der Waals surface area contributed by atoms with Gasteiger partial charge in [-0.3, -0.25) is 9.36 Å². The van der Waals surface area contributed by atoms with Crippen LogP contribution in [0.4, 0.5) is 0 Å². The Morgan fingerprint density at radius 1 is 0.969 bits per heavy atom. The van der Waals surface area contributed by atoms with Crippen LogP contribution in [0.1, 0.15) is 5.56 Å². The van der Waals surface area contributed by atoms with Gasteiger partial charge in [-0.05, 0) is 42.0 Å². The van der Waals surface area contributed by atoms with Crippen molar-refractivity contribution in [2.75, 3.05) is 5.75 Å². The molecule has 0 atom stereocenters. The van der Waals surface area contributed by atoms with Gasteiger partial charge in [-0.15, -0.1) is 10.2 Å². The van der Waals surface area contributed by atoms with Gasteiger partial charge in [0.15, 0.2) is 11.0 Å². The number of aromatic nitrogens is 3. The van der Waals surface area contributed by atoms with Crippen LogP contribution in [0, 0.1) is 0 Å². The smallest absolute Gasteiger partial charge is 0.250 e. The van der Waals surface area contributed by atoms with Gasteiger partial charge in [0, 0.05) is 21.3 Å². The summed E-state index contributed by atoms with van der Waals surface area (Å²) in [6, 6.07) is 24.3. The fourth-order valence-corrected chi connectivity index (χ4v) is 3.96. The molecule has 1 aromatic heterocycles. The van der Waals surface area contributed by atoms with Crippen molar-refractivity contribution < 1.29 is 4.79 Å². The lowest BCUT2D eigenvalue weighted by atomic mass is 10.2. The predicted molar refractivity (Wildman–Crippen MR) is 130 cm³/mol. The van der Waals surface area contributed by atoms with Crippen molar-refractivity contribution in [3.05, 3.63) is 94.5 Å². The minimum Gasteiger partial charge on any atom is -0.272 e. The van der Waals surface area contributed by atoms with E-state index in [1.807, 2.05) is 59.2 Å². The number of hydrazone groups is 1. The molecule has 0 aliphatic carbocycles. The van der Waals surface area contributed by atoms with E-state index in [0.29, 0.717) is 21.0 Å². The molecule has 4 aromatic rings. The Kier molecular flexibility index (Phi) is 7.21. The molecule has 0 aliphatic heterocycles. The first-order valence-electron chi connectivity index (χ1n) is 9.57. The Bertz CT molecular complexity index is 1240. The quantitative estimate of drug-likeness (QED) is 0.215. The third-order valence-corrected chi connectivity index (χ3v) is 5.75. The Labute approximate surface area is 199 Å². The first kappa shape index (κ1) is 22.1. The summed E-state index contributed by atoms with van der Waals surface area (Å²) >= 11 is 13.3. The second-order valence-corrected chi connectivity index (χ2v) is 8.44. The van der Waals surface area contributed by atoms with Crippen molar-refractivity contribution >= 4 is 47.1 Å². The highest BCUT2D eigenvalue weighted by Crippen LogP contribution is 2.28. The fraction of sp³-hybridized carbons (Fsp3) is 0.0435. The highest BCUT2D eigenvalue weighted by molar-refractivity contribution is 7.99. The molecule has 4 rings (SSSR count). The van der Waals surface area contributed by atoms with E-state index in [-0.39, 0.29) is 11.7 Å². The molecule has 0 radical (unpaired) electrons. The molecule has 6 nitrogen and oxygen atoms in total. The topological polar surface area (TPSA) is 72.2 Å². The number of rotatable bonds is 7. The van der Waals surface area contributed by atoms with E-state index in [2.05, 4.69) is 20.7 Å². The van der Waals surface area contributed by atoms with Crippen molar-refractivity contribution in [1.29, 1.82) is 0 Å². The summed E-state index contributed by atoms with van der Waals surface area (Å²) in [7, 11) is 0. The normalized spacial score (nSPS) is 11.1. The molecule has 160 valence electrons. The summed E-state index contributed by atoms with van der Waals surface area (Å²) < 4.78 is 1.90. The van der Waals surface area contributed by atoms with Gasteiger partial charge in [-0.25, -0.2) is 5.43 Å². The summed E-state index contributed by atoms with van der Waals surface area (Å²) in [6.45, 7) is 0. The second kappa shape index (κ2) is 10.5. The molecule has 1 amide bonds. The number of carbonyl (C=O) groups is 1. The third kappa shape index (κ3) is 5.56. The van der Waals surface area contributed by atoms with E-state index >= 15 is 0 Å². The van der Waals surface area contributed by atoms with Crippen LogP contribution < -0.4 is 5.43 Å². The van der Waals surface area contributed by atoms with Crippen LogP contribution in [-0.2, 0) is 4.79 Å². The summed E-state index contributed by atoms with van der Waals surface area (Å²) in [5, 5.41) is 14.5. The molecule has 1 heterocycles. The largest absolute Gasteiger partial charge is 0.272 e. The van der Waals surface area contributed by atoms with E-state index in [1.54, 1.807) is 24.3 Å². The number of benzene rings is 3. The number of hydrogen-bond acceptors (Lipinski definition) is 5.